The molecule has 0 aromatic heterocycles. The van der Waals surface area contributed by atoms with Gasteiger partial charge >= 0.3 is 0 Å². The summed E-state index contributed by atoms with van der Waals surface area (Å²) in [5.74, 6) is 0. The quantitative estimate of drug-likeness (QED) is 0.228. The Morgan fingerprint density at radius 2 is 0.613 bits per heavy atom. The van der Waals surface area contributed by atoms with Gasteiger partial charge in [-0.05, 0) is 117 Å². The minimum absolute atomic E-state index is 0.0176. The Morgan fingerprint density at radius 3 is 1.09 bits per heavy atom. The molecule has 18 rings (SSSR count). The van der Waals surface area contributed by atoms with Crippen LogP contribution in [0.3, 0.4) is 0 Å². The molecule has 3 nitrogen and oxygen atoms in total. The lowest BCUT2D eigenvalue weighted by molar-refractivity contribution is 1.23. The van der Waals surface area contributed by atoms with E-state index in [1.165, 1.54) is 161 Å². The van der Waals surface area contributed by atoms with Crippen LogP contribution in [0, 0.1) is 20.8 Å². The molecule has 11 aromatic rings. The van der Waals surface area contributed by atoms with Crippen molar-refractivity contribution < 1.29 is 0 Å². The lowest BCUT2D eigenvalue weighted by atomic mass is 9.19. The smallest absolute Gasteiger partial charge is 0.252 e. The minimum atomic E-state index is -0.0316. The van der Waals surface area contributed by atoms with Crippen molar-refractivity contribution in [3.63, 3.8) is 0 Å². The molecule has 0 amide bonds. The number of benzene rings is 11. The third-order valence-corrected chi connectivity index (χ3v) is 18.7. The molecular formula is C67H44B5N3. The van der Waals surface area contributed by atoms with Crippen LogP contribution in [0.5, 0.6) is 0 Å². The maximum absolute atomic E-state index is 2.77. The largest absolute Gasteiger partial charge is 0.312 e. The third-order valence-electron chi connectivity index (χ3n) is 18.7. The first kappa shape index (κ1) is 40.8. The van der Waals surface area contributed by atoms with Gasteiger partial charge in [0.15, 0.2) is 0 Å². The second kappa shape index (κ2) is 14.4. The monoisotopic (exact) mass is 945 g/mol. The number of hydrogen-bond donors (Lipinski definition) is 0. The maximum atomic E-state index is 2.77. The predicted molar refractivity (Wildman–Crippen MR) is 325 cm³/mol. The van der Waals surface area contributed by atoms with Crippen LogP contribution >= 0.6 is 0 Å². The Labute approximate surface area is 439 Å². The summed E-state index contributed by atoms with van der Waals surface area (Å²) in [5, 5.41) is 2.55. The number of aryl methyl sites for hydroxylation is 3. The van der Waals surface area contributed by atoms with Crippen molar-refractivity contribution in [1.29, 1.82) is 0 Å². The van der Waals surface area contributed by atoms with Crippen molar-refractivity contribution in [3.8, 4) is 0 Å². The molecule has 0 N–H and O–H groups in total. The Kier molecular flexibility index (Phi) is 7.82. The van der Waals surface area contributed by atoms with Crippen molar-refractivity contribution in [3.05, 3.63) is 229 Å². The number of hydrogen-bond acceptors (Lipinski definition) is 3. The molecule has 342 valence electrons. The second-order valence-electron chi connectivity index (χ2n) is 22.3. The number of para-hydroxylation sites is 5. The maximum Gasteiger partial charge on any atom is 0.252 e. The van der Waals surface area contributed by atoms with Crippen LogP contribution < -0.4 is 96.6 Å². The van der Waals surface area contributed by atoms with Crippen LogP contribution in [0.15, 0.2) is 212 Å². The van der Waals surface area contributed by atoms with Crippen LogP contribution in [0.2, 0.25) is 0 Å². The highest BCUT2D eigenvalue weighted by molar-refractivity contribution is 7.13. The lowest BCUT2D eigenvalue weighted by Crippen LogP contribution is -2.77. The lowest BCUT2D eigenvalue weighted by Gasteiger charge is -2.56. The molecule has 7 aliphatic heterocycles. The number of fused-ring (bicyclic) bond motifs is 21. The highest BCUT2D eigenvalue weighted by Crippen LogP contribution is 2.51. The zero-order chi connectivity index (χ0) is 49.1. The summed E-state index contributed by atoms with van der Waals surface area (Å²) < 4.78 is 0. The molecule has 0 saturated carbocycles. The summed E-state index contributed by atoms with van der Waals surface area (Å²) in [5.41, 5.74) is 36.7. The van der Waals surface area contributed by atoms with Gasteiger partial charge in [-0.1, -0.05) is 225 Å². The fourth-order valence-electron chi connectivity index (χ4n) is 16.2. The van der Waals surface area contributed by atoms with Gasteiger partial charge in [0, 0.05) is 51.2 Å². The van der Waals surface area contributed by atoms with E-state index in [2.05, 4.69) is 248 Å². The Balaban J connectivity index is 1.02. The molecule has 0 spiro atoms. The molecule has 0 fully saturated rings. The van der Waals surface area contributed by atoms with Gasteiger partial charge in [0.2, 0.25) is 13.4 Å². The van der Waals surface area contributed by atoms with E-state index in [-0.39, 0.29) is 33.6 Å². The topological polar surface area (TPSA) is 9.72 Å². The molecule has 0 saturated heterocycles. The van der Waals surface area contributed by atoms with E-state index in [0.29, 0.717) is 0 Å². The highest BCUT2D eigenvalue weighted by Gasteiger charge is 2.58. The SMILES string of the molecule is Cc1cc(C)c(B2c3ccccc3B(c3ccc4ccccc4c3)c3cc4c(cc32)N2c3ccccc3B3c5ccccc5N5c6ccccc6B6c7ccccc7N7c8ccccc8B4c4c7c6c5c3c42)c(C)c1. The van der Waals surface area contributed by atoms with Crippen LogP contribution in [0.1, 0.15) is 16.7 Å². The first-order chi connectivity index (χ1) is 37.0. The first-order valence-corrected chi connectivity index (χ1v) is 26.9. The second-order valence-corrected chi connectivity index (χ2v) is 22.3. The van der Waals surface area contributed by atoms with Gasteiger partial charge in [-0.3, -0.25) is 0 Å². The van der Waals surface area contributed by atoms with E-state index in [4.69, 9.17) is 0 Å². The van der Waals surface area contributed by atoms with Crippen molar-refractivity contribution in [1.82, 2.24) is 0 Å². The molecule has 7 aliphatic rings. The minimum Gasteiger partial charge on any atom is -0.312 e. The standard InChI is InChI=1S/C67H44B5N3/c1-39-34-40(2)61(41(3)35-39)69-46-21-7-6-20-45(46)68(44-33-32-42-18-4-5-19-43(42)36-44)52-37-54-60(38-53(52)69)75-59-31-17-11-25-50(59)71-49-24-10-14-28-56(49)73-55-27-13-8-22-47(55)70-48-23-9-15-29-57(48)74-58-30-16-12-26-51(58)72(54)64-66(74)62(70)65(73)63(71)67(64)75/h4-38H,1-3H3. The molecular weight excluding hydrogens is 901 g/mol. The molecule has 8 heteroatoms. The summed E-state index contributed by atoms with van der Waals surface area (Å²) in [4.78, 5) is 8.14. The predicted octanol–water partition coefficient (Wildman–Crippen LogP) is 4.95. The highest BCUT2D eigenvalue weighted by atomic mass is 15.2. The van der Waals surface area contributed by atoms with Crippen molar-refractivity contribution in [2.75, 3.05) is 14.7 Å². The number of rotatable bonds is 2. The summed E-state index contributed by atoms with van der Waals surface area (Å²) in [7, 11) is 0. The van der Waals surface area contributed by atoms with Crippen LogP contribution in [0.4, 0.5) is 51.2 Å². The normalized spacial score (nSPS) is 14.7. The fraction of sp³-hybridized carbons (Fsp3) is 0.0448. The molecule has 7 heterocycles. The zero-order valence-corrected chi connectivity index (χ0v) is 41.9. The molecule has 0 unspecified atom stereocenters. The van der Waals surface area contributed by atoms with Gasteiger partial charge in [-0.25, -0.2) is 0 Å². The van der Waals surface area contributed by atoms with Crippen molar-refractivity contribution in [2.45, 2.75) is 20.8 Å². The van der Waals surface area contributed by atoms with Crippen LogP contribution in [-0.2, 0) is 0 Å². The summed E-state index contributed by atoms with van der Waals surface area (Å²) >= 11 is 0. The summed E-state index contributed by atoms with van der Waals surface area (Å²) in [6, 6.07) is 82.6. The van der Waals surface area contributed by atoms with E-state index < -0.39 is 0 Å². The van der Waals surface area contributed by atoms with Crippen molar-refractivity contribution >= 4 is 177 Å². The van der Waals surface area contributed by atoms with E-state index >= 15 is 0 Å². The third kappa shape index (κ3) is 5.00. The number of nitrogens with zero attached hydrogens (tertiary/aromatic N) is 3. The number of anilines is 9. The summed E-state index contributed by atoms with van der Waals surface area (Å²) in [6.07, 6.45) is 0. The molecule has 0 aliphatic carbocycles. The molecule has 11 aromatic carbocycles. The molecule has 0 atom stereocenters. The van der Waals surface area contributed by atoms with Gasteiger partial charge in [0.05, 0.1) is 0 Å². The van der Waals surface area contributed by atoms with Gasteiger partial charge in [0.25, 0.3) is 20.1 Å². The fourth-order valence-corrected chi connectivity index (χ4v) is 16.2. The van der Waals surface area contributed by atoms with E-state index in [0.717, 1.165) is 0 Å². The first-order valence-electron chi connectivity index (χ1n) is 26.9. The Hall–Kier alpha value is -8.60. The molecule has 0 radical (unpaired) electrons. The van der Waals surface area contributed by atoms with Gasteiger partial charge in [-0.15, -0.1) is 0 Å². The van der Waals surface area contributed by atoms with Gasteiger partial charge < -0.3 is 14.7 Å². The van der Waals surface area contributed by atoms with Crippen LogP contribution in [-0.4, -0.2) is 33.6 Å². The van der Waals surface area contributed by atoms with Crippen molar-refractivity contribution in [2.24, 2.45) is 0 Å². The van der Waals surface area contributed by atoms with E-state index in [1.807, 2.05) is 0 Å². The summed E-state index contributed by atoms with van der Waals surface area (Å²) in [6.45, 7) is 7.05. The average molecular weight is 945 g/mol. The Morgan fingerprint density at radius 1 is 0.253 bits per heavy atom. The zero-order valence-electron chi connectivity index (χ0n) is 41.9. The van der Waals surface area contributed by atoms with Crippen LogP contribution in [0.25, 0.3) is 10.8 Å². The molecule has 75 heavy (non-hydrogen) atoms. The van der Waals surface area contributed by atoms with Gasteiger partial charge in [0.1, 0.15) is 0 Å². The van der Waals surface area contributed by atoms with Gasteiger partial charge in [-0.2, -0.15) is 0 Å². The average Bonchev–Trinajstić information content (AvgIpc) is 3.59. The Bertz CT molecular complexity index is 4410. The molecule has 0 bridgehead atoms. The van der Waals surface area contributed by atoms with E-state index in [1.54, 1.807) is 0 Å². The van der Waals surface area contributed by atoms with E-state index in [9.17, 15) is 0 Å².